The molecule has 1 N–H and O–H groups in total. The third-order valence-electron chi connectivity index (χ3n) is 3.46. The molecular formula is C19H23NO3S2. The Kier molecular flexibility index (Phi) is 10.7. The number of carbonyl (C=O) groups excluding carboxylic acids is 2. The van der Waals surface area contributed by atoms with E-state index in [-0.39, 0.29) is 5.78 Å². The number of alkyl carbamates (subject to hydrolysis) is 1. The molecule has 1 aliphatic carbocycles. The summed E-state index contributed by atoms with van der Waals surface area (Å²) in [6, 6.07) is 0. The molecule has 1 amide bonds. The smallest absolute Gasteiger partial charge is 0.411 e. The van der Waals surface area contributed by atoms with Crippen LogP contribution in [0.1, 0.15) is 39.0 Å². The monoisotopic (exact) mass is 377 g/mol. The number of carbonyl (C=O) groups is 2. The molecule has 134 valence electrons. The molecule has 0 aliphatic heterocycles. The van der Waals surface area contributed by atoms with E-state index in [9.17, 15) is 9.59 Å². The van der Waals surface area contributed by atoms with Crippen molar-refractivity contribution < 1.29 is 14.3 Å². The van der Waals surface area contributed by atoms with Crippen molar-refractivity contribution in [2.24, 2.45) is 0 Å². The highest BCUT2D eigenvalue weighted by molar-refractivity contribution is 8.76. The van der Waals surface area contributed by atoms with Crippen molar-refractivity contribution in [3.63, 3.8) is 0 Å². The molecule has 0 aromatic heterocycles. The maximum atomic E-state index is 12.3. The lowest BCUT2D eigenvalue weighted by Crippen LogP contribution is -2.31. The zero-order chi connectivity index (χ0) is 18.5. The summed E-state index contributed by atoms with van der Waals surface area (Å²) in [5, 5.41) is 2.58. The van der Waals surface area contributed by atoms with Gasteiger partial charge < -0.3 is 4.74 Å². The van der Waals surface area contributed by atoms with Crippen molar-refractivity contribution in [2.75, 3.05) is 19.1 Å². The number of amides is 1. The van der Waals surface area contributed by atoms with Gasteiger partial charge in [0, 0.05) is 31.4 Å². The molecule has 0 saturated carbocycles. The Bertz CT molecular complexity index is 672. The maximum absolute atomic E-state index is 12.3. The lowest BCUT2D eigenvalue weighted by Gasteiger charge is -2.21. The van der Waals surface area contributed by atoms with Gasteiger partial charge in [0.05, 0.1) is 12.8 Å². The van der Waals surface area contributed by atoms with Gasteiger partial charge in [-0.1, -0.05) is 33.6 Å². The van der Waals surface area contributed by atoms with Gasteiger partial charge in [-0.25, -0.2) is 4.79 Å². The van der Waals surface area contributed by atoms with Crippen LogP contribution in [0, 0.1) is 23.7 Å². The second-order valence-corrected chi connectivity index (χ2v) is 7.64. The Hall–Kier alpha value is -1.76. The van der Waals surface area contributed by atoms with Gasteiger partial charge in [-0.2, -0.15) is 0 Å². The molecule has 0 unspecified atom stereocenters. The van der Waals surface area contributed by atoms with E-state index < -0.39 is 6.09 Å². The van der Waals surface area contributed by atoms with Crippen molar-refractivity contribution in [1.29, 1.82) is 0 Å². The van der Waals surface area contributed by atoms with Gasteiger partial charge in [-0.3, -0.25) is 10.1 Å². The predicted octanol–water partition coefficient (Wildman–Crippen LogP) is 4.09. The van der Waals surface area contributed by atoms with Crippen LogP contribution in [0.4, 0.5) is 4.79 Å². The van der Waals surface area contributed by atoms with Crippen molar-refractivity contribution in [2.45, 2.75) is 39.0 Å². The highest BCUT2D eigenvalue weighted by Crippen LogP contribution is 2.30. The summed E-state index contributed by atoms with van der Waals surface area (Å²) in [5.74, 6) is 12.8. The number of ketones is 1. The molecule has 0 saturated heterocycles. The summed E-state index contributed by atoms with van der Waals surface area (Å²) in [7, 11) is 4.71. The van der Waals surface area contributed by atoms with Gasteiger partial charge >= 0.3 is 6.09 Å². The van der Waals surface area contributed by atoms with Crippen molar-refractivity contribution >= 4 is 33.5 Å². The van der Waals surface area contributed by atoms with Crippen LogP contribution in [0.3, 0.4) is 0 Å². The normalized spacial score (nSPS) is 15.2. The van der Waals surface area contributed by atoms with Crippen molar-refractivity contribution in [3.8, 4) is 23.7 Å². The third kappa shape index (κ3) is 7.77. The number of Topliss-reactive ketones (excluding diaryl/α,β-unsaturated/α-hetero) is 1. The van der Waals surface area contributed by atoms with E-state index in [1.165, 1.54) is 7.11 Å². The average molecular weight is 378 g/mol. The second kappa shape index (κ2) is 12.6. The number of allylic oxidation sites excluding steroid dienone is 3. The highest BCUT2D eigenvalue weighted by Gasteiger charge is 2.25. The summed E-state index contributed by atoms with van der Waals surface area (Å²) in [5.41, 5.74) is 2.20. The SMILES string of the molecule is CC#CCCC#CCC1=C(NC(=O)OC)C(=O)CC/C1=C/CSSC. The van der Waals surface area contributed by atoms with Gasteiger partial charge in [0.25, 0.3) is 0 Å². The number of unbranched alkanes of at least 4 members (excludes halogenated alkanes) is 1. The van der Waals surface area contributed by atoms with E-state index in [1.54, 1.807) is 28.5 Å². The second-order valence-electron chi connectivity index (χ2n) is 5.03. The summed E-state index contributed by atoms with van der Waals surface area (Å²) < 4.78 is 4.64. The van der Waals surface area contributed by atoms with Gasteiger partial charge in [0.1, 0.15) is 0 Å². The molecule has 1 aliphatic rings. The molecule has 1 rings (SSSR count). The zero-order valence-electron chi connectivity index (χ0n) is 14.9. The van der Waals surface area contributed by atoms with Gasteiger partial charge in [-0.05, 0) is 30.7 Å². The Balaban J connectivity index is 3.03. The number of hydrogen-bond acceptors (Lipinski definition) is 5. The molecule has 0 radical (unpaired) electrons. The van der Waals surface area contributed by atoms with Crippen LogP contribution in [0.15, 0.2) is 22.9 Å². The number of methoxy groups -OCH3 is 1. The van der Waals surface area contributed by atoms with Gasteiger partial charge in [-0.15, -0.1) is 17.8 Å². The lowest BCUT2D eigenvalue weighted by atomic mass is 9.88. The molecule has 0 aromatic rings. The molecule has 0 atom stereocenters. The Labute approximate surface area is 158 Å². The largest absolute Gasteiger partial charge is 0.453 e. The minimum absolute atomic E-state index is 0.0753. The van der Waals surface area contributed by atoms with Gasteiger partial charge in [0.15, 0.2) is 5.78 Å². The van der Waals surface area contributed by atoms with E-state index in [4.69, 9.17) is 0 Å². The van der Waals surface area contributed by atoms with Crippen LogP contribution in [-0.4, -0.2) is 31.0 Å². The first-order valence-corrected chi connectivity index (χ1v) is 10.7. The standard InChI is InChI=1S/C19H23NO3S2/c1-4-5-6-7-8-9-10-16-15(13-14-25-24-3)11-12-17(21)18(16)20-19(22)23-2/h13H,6-7,10-12,14H2,1-3H3,(H,20,22)/b15-13-. The Morgan fingerprint density at radius 3 is 2.72 bits per heavy atom. The predicted molar refractivity (Wildman–Crippen MR) is 106 cm³/mol. The molecule has 4 nitrogen and oxygen atoms in total. The zero-order valence-corrected chi connectivity index (χ0v) is 16.5. The fourth-order valence-electron chi connectivity index (χ4n) is 2.27. The molecule has 0 fully saturated rings. The topological polar surface area (TPSA) is 55.4 Å². The first-order valence-electron chi connectivity index (χ1n) is 7.95. The number of nitrogens with one attached hydrogen (secondary N) is 1. The average Bonchev–Trinajstić information content (AvgIpc) is 2.62. The summed E-state index contributed by atoms with van der Waals surface area (Å²) in [6.45, 7) is 1.81. The molecule has 6 heteroatoms. The van der Waals surface area contributed by atoms with Crippen LogP contribution in [0.5, 0.6) is 0 Å². The van der Waals surface area contributed by atoms with E-state index >= 15 is 0 Å². The van der Waals surface area contributed by atoms with Crippen LogP contribution in [0.25, 0.3) is 0 Å². The molecular weight excluding hydrogens is 354 g/mol. The van der Waals surface area contributed by atoms with Crippen LogP contribution < -0.4 is 5.32 Å². The number of ether oxygens (including phenoxy) is 1. The summed E-state index contributed by atoms with van der Waals surface area (Å²) >= 11 is 0. The number of hydrogen-bond donors (Lipinski definition) is 1. The fraction of sp³-hybridized carbons (Fsp3) is 0.474. The summed E-state index contributed by atoms with van der Waals surface area (Å²) in [4.78, 5) is 23.9. The van der Waals surface area contributed by atoms with Crippen LogP contribution in [-0.2, 0) is 9.53 Å². The Morgan fingerprint density at radius 2 is 2.04 bits per heavy atom. The van der Waals surface area contributed by atoms with Gasteiger partial charge in [0.2, 0.25) is 0 Å². The van der Waals surface area contributed by atoms with E-state index in [2.05, 4.69) is 39.8 Å². The van der Waals surface area contributed by atoms with Crippen molar-refractivity contribution in [1.82, 2.24) is 5.32 Å². The highest BCUT2D eigenvalue weighted by atomic mass is 33.1. The van der Waals surface area contributed by atoms with E-state index in [1.807, 2.05) is 6.26 Å². The molecule has 0 aromatic carbocycles. The quantitative estimate of drug-likeness (QED) is 0.429. The van der Waals surface area contributed by atoms with E-state index in [0.29, 0.717) is 31.4 Å². The maximum Gasteiger partial charge on any atom is 0.411 e. The van der Waals surface area contributed by atoms with Crippen molar-refractivity contribution in [3.05, 3.63) is 22.9 Å². The Morgan fingerprint density at radius 1 is 1.28 bits per heavy atom. The fourth-order valence-corrected chi connectivity index (χ4v) is 3.29. The molecule has 0 heterocycles. The number of rotatable bonds is 6. The lowest BCUT2D eigenvalue weighted by molar-refractivity contribution is -0.116. The van der Waals surface area contributed by atoms with Crippen LogP contribution >= 0.6 is 21.6 Å². The summed E-state index contributed by atoms with van der Waals surface area (Å²) in [6.07, 6.45) is 6.44. The minimum atomic E-state index is -0.633. The van der Waals surface area contributed by atoms with E-state index in [0.717, 1.165) is 23.3 Å². The third-order valence-corrected chi connectivity index (χ3v) is 5.11. The molecule has 0 bridgehead atoms. The first-order chi connectivity index (χ1) is 12.1. The molecule has 0 spiro atoms. The molecule has 25 heavy (non-hydrogen) atoms. The van der Waals surface area contributed by atoms with Crippen LogP contribution in [0.2, 0.25) is 0 Å². The first kappa shape index (κ1) is 21.3. The minimum Gasteiger partial charge on any atom is -0.453 e.